The minimum Gasteiger partial charge on any atom is -0.461 e. The number of rotatable bonds is 4. The molecule has 5 nitrogen and oxygen atoms in total. The molecule has 0 saturated carbocycles. The van der Waals surface area contributed by atoms with Crippen LogP contribution in [0.4, 0.5) is 23.2 Å². The van der Waals surface area contributed by atoms with E-state index in [1.54, 1.807) is 6.92 Å². The summed E-state index contributed by atoms with van der Waals surface area (Å²) in [5.74, 6) is -2.81. The Labute approximate surface area is 146 Å². The Morgan fingerprint density at radius 2 is 1.88 bits per heavy atom. The summed E-state index contributed by atoms with van der Waals surface area (Å²) in [6.45, 7) is 4.82. The average molecular weight is 372 g/mol. The van der Waals surface area contributed by atoms with Gasteiger partial charge in [-0.05, 0) is 44.5 Å². The predicted octanol–water partition coefficient (Wildman–Crippen LogP) is 4.22. The molecular weight excluding hydrogens is 356 g/mol. The summed E-state index contributed by atoms with van der Waals surface area (Å²) in [6, 6.07) is 2.15. The first-order valence-corrected chi connectivity index (χ1v) is 7.60. The Morgan fingerprint density at radius 3 is 2.46 bits per heavy atom. The fourth-order valence-electron chi connectivity index (χ4n) is 2.51. The van der Waals surface area contributed by atoms with E-state index in [-0.39, 0.29) is 23.6 Å². The van der Waals surface area contributed by atoms with Crippen molar-refractivity contribution in [2.75, 3.05) is 11.9 Å². The fraction of sp³-hybridized carbons (Fsp3) is 0.294. The number of alkyl halides is 3. The van der Waals surface area contributed by atoms with Crippen LogP contribution in [0.3, 0.4) is 0 Å². The van der Waals surface area contributed by atoms with Crippen molar-refractivity contribution in [3.05, 3.63) is 52.1 Å². The number of aromatic nitrogens is 1. The summed E-state index contributed by atoms with van der Waals surface area (Å²) in [7, 11) is 0. The molecule has 1 aromatic heterocycles. The van der Waals surface area contributed by atoms with Crippen LogP contribution in [-0.4, -0.2) is 23.5 Å². The second-order valence-corrected chi connectivity index (χ2v) is 5.49. The van der Waals surface area contributed by atoms with E-state index in [2.05, 4.69) is 10.3 Å². The normalized spacial score (nSPS) is 11.3. The quantitative estimate of drug-likeness (QED) is 0.624. The number of ether oxygens (including phenoxy) is 1. The van der Waals surface area contributed by atoms with Gasteiger partial charge >= 0.3 is 12.1 Å². The molecule has 2 rings (SSSR count). The van der Waals surface area contributed by atoms with Gasteiger partial charge < -0.3 is 15.0 Å². The Balaban J connectivity index is 2.33. The lowest BCUT2D eigenvalue weighted by Gasteiger charge is -2.11. The SMILES string of the molecule is CCOC(=O)c1[nH]c(C)c(C(=O)Nc2ccc(F)c(C(F)(F)F)c2)c1C. The van der Waals surface area contributed by atoms with Crippen LogP contribution in [-0.2, 0) is 10.9 Å². The van der Waals surface area contributed by atoms with Gasteiger partial charge in [-0.15, -0.1) is 0 Å². The standard InChI is InChI=1S/C17H16F4N2O3/c1-4-26-16(25)14-8(2)13(9(3)22-14)15(24)23-10-5-6-12(18)11(7-10)17(19,20)21/h5-7,22H,4H2,1-3H3,(H,23,24). The van der Waals surface area contributed by atoms with Crippen molar-refractivity contribution in [2.45, 2.75) is 26.9 Å². The zero-order chi connectivity index (χ0) is 19.6. The smallest absolute Gasteiger partial charge is 0.419 e. The zero-order valence-electron chi connectivity index (χ0n) is 14.2. The summed E-state index contributed by atoms with van der Waals surface area (Å²) in [5.41, 5.74) is -0.861. The van der Waals surface area contributed by atoms with Crippen LogP contribution in [0.2, 0.25) is 0 Å². The first-order chi connectivity index (χ1) is 12.1. The van der Waals surface area contributed by atoms with Gasteiger partial charge in [-0.2, -0.15) is 13.2 Å². The average Bonchev–Trinajstić information content (AvgIpc) is 2.83. The first-order valence-electron chi connectivity index (χ1n) is 7.60. The molecule has 0 fully saturated rings. The molecule has 0 radical (unpaired) electrons. The summed E-state index contributed by atoms with van der Waals surface area (Å²) in [4.78, 5) is 27.0. The molecule has 0 unspecified atom stereocenters. The first kappa shape index (κ1) is 19.5. The minimum atomic E-state index is -4.89. The largest absolute Gasteiger partial charge is 0.461 e. The van der Waals surface area contributed by atoms with Gasteiger partial charge in [-0.1, -0.05) is 0 Å². The lowest BCUT2D eigenvalue weighted by Crippen LogP contribution is -2.16. The number of nitrogens with one attached hydrogen (secondary N) is 2. The third-order valence-corrected chi connectivity index (χ3v) is 3.67. The van der Waals surface area contributed by atoms with Crippen LogP contribution < -0.4 is 5.32 Å². The fourth-order valence-corrected chi connectivity index (χ4v) is 2.51. The highest BCUT2D eigenvalue weighted by Gasteiger charge is 2.34. The number of esters is 1. The summed E-state index contributed by atoms with van der Waals surface area (Å²) in [5, 5.41) is 2.29. The summed E-state index contributed by atoms with van der Waals surface area (Å²) < 4.78 is 56.5. The van der Waals surface area contributed by atoms with Gasteiger partial charge in [0.05, 0.1) is 17.7 Å². The number of amides is 1. The monoisotopic (exact) mass is 372 g/mol. The van der Waals surface area contributed by atoms with E-state index in [1.807, 2.05) is 0 Å². The maximum Gasteiger partial charge on any atom is 0.419 e. The molecule has 0 aliphatic carbocycles. The van der Waals surface area contributed by atoms with Gasteiger partial charge in [0, 0.05) is 11.4 Å². The van der Waals surface area contributed by atoms with E-state index < -0.39 is 29.4 Å². The van der Waals surface area contributed by atoms with E-state index >= 15 is 0 Å². The van der Waals surface area contributed by atoms with Gasteiger partial charge in [0.2, 0.25) is 0 Å². The number of aryl methyl sites for hydroxylation is 1. The van der Waals surface area contributed by atoms with Crippen LogP contribution in [0.15, 0.2) is 18.2 Å². The number of benzene rings is 1. The molecule has 0 atom stereocenters. The molecular formula is C17H16F4N2O3. The molecule has 0 saturated heterocycles. The van der Waals surface area contributed by atoms with E-state index in [4.69, 9.17) is 4.74 Å². The van der Waals surface area contributed by atoms with Gasteiger partial charge in [0.1, 0.15) is 11.5 Å². The van der Waals surface area contributed by atoms with Gasteiger partial charge in [-0.3, -0.25) is 4.79 Å². The molecule has 0 aliphatic heterocycles. The molecule has 1 amide bonds. The molecule has 0 bridgehead atoms. The molecule has 1 aromatic carbocycles. The number of anilines is 1. The van der Waals surface area contributed by atoms with Crippen LogP contribution in [0, 0.1) is 19.7 Å². The highest BCUT2D eigenvalue weighted by molar-refractivity contribution is 6.08. The number of carbonyl (C=O) groups excluding carboxylic acids is 2. The highest BCUT2D eigenvalue weighted by atomic mass is 19.4. The highest BCUT2D eigenvalue weighted by Crippen LogP contribution is 2.33. The number of hydrogen-bond donors (Lipinski definition) is 2. The Morgan fingerprint density at radius 1 is 1.23 bits per heavy atom. The number of aromatic amines is 1. The molecule has 26 heavy (non-hydrogen) atoms. The number of hydrogen-bond acceptors (Lipinski definition) is 3. The minimum absolute atomic E-state index is 0.0876. The molecule has 140 valence electrons. The number of H-pyrrole nitrogens is 1. The van der Waals surface area contributed by atoms with Gasteiger partial charge in [0.25, 0.3) is 5.91 Å². The second-order valence-electron chi connectivity index (χ2n) is 5.49. The van der Waals surface area contributed by atoms with E-state index in [1.165, 1.54) is 13.8 Å². The van der Waals surface area contributed by atoms with Crippen molar-refractivity contribution >= 4 is 17.6 Å². The van der Waals surface area contributed by atoms with Crippen molar-refractivity contribution in [3.8, 4) is 0 Å². The second kappa shape index (κ2) is 7.19. The van der Waals surface area contributed by atoms with E-state index in [0.29, 0.717) is 23.4 Å². The Hall–Kier alpha value is -2.84. The predicted molar refractivity (Wildman–Crippen MR) is 85.6 cm³/mol. The lowest BCUT2D eigenvalue weighted by molar-refractivity contribution is -0.139. The topological polar surface area (TPSA) is 71.2 Å². The maximum atomic E-state index is 13.3. The van der Waals surface area contributed by atoms with Gasteiger partial charge in [-0.25, -0.2) is 9.18 Å². The van der Waals surface area contributed by atoms with Crippen molar-refractivity contribution in [1.29, 1.82) is 0 Å². The number of carbonyl (C=O) groups is 2. The van der Waals surface area contributed by atoms with Crippen molar-refractivity contribution in [1.82, 2.24) is 4.98 Å². The molecule has 0 spiro atoms. The third kappa shape index (κ3) is 3.87. The molecule has 2 N–H and O–H groups in total. The number of halogens is 4. The van der Waals surface area contributed by atoms with Crippen LogP contribution in [0.5, 0.6) is 0 Å². The van der Waals surface area contributed by atoms with Crippen LogP contribution in [0.25, 0.3) is 0 Å². The summed E-state index contributed by atoms with van der Waals surface area (Å²) in [6.07, 6.45) is -4.89. The van der Waals surface area contributed by atoms with Crippen molar-refractivity contribution in [2.24, 2.45) is 0 Å². The lowest BCUT2D eigenvalue weighted by atomic mass is 10.1. The van der Waals surface area contributed by atoms with Crippen molar-refractivity contribution < 1.29 is 31.9 Å². The van der Waals surface area contributed by atoms with Crippen molar-refractivity contribution in [3.63, 3.8) is 0 Å². The Bertz CT molecular complexity index is 856. The third-order valence-electron chi connectivity index (χ3n) is 3.67. The zero-order valence-corrected chi connectivity index (χ0v) is 14.2. The Kier molecular flexibility index (Phi) is 5.38. The van der Waals surface area contributed by atoms with E-state index in [0.717, 1.165) is 6.07 Å². The molecule has 2 aromatic rings. The van der Waals surface area contributed by atoms with Gasteiger partial charge in [0.15, 0.2) is 0 Å². The van der Waals surface area contributed by atoms with Crippen LogP contribution in [0.1, 0.15) is 44.6 Å². The van der Waals surface area contributed by atoms with E-state index in [9.17, 15) is 27.2 Å². The molecule has 9 heteroatoms. The summed E-state index contributed by atoms with van der Waals surface area (Å²) >= 11 is 0. The molecule has 1 heterocycles. The van der Waals surface area contributed by atoms with Crippen LogP contribution >= 0.6 is 0 Å². The maximum absolute atomic E-state index is 13.3. The molecule has 0 aliphatic rings.